The molecule has 5 rings (SSSR count). The Bertz CT molecular complexity index is 1170. The molecule has 0 aliphatic heterocycles. The number of hydrogen-bond acceptors (Lipinski definition) is 8. The van der Waals surface area contributed by atoms with Gasteiger partial charge in [-0.25, -0.2) is 9.97 Å². The lowest BCUT2D eigenvalue weighted by Gasteiger charge is -2.17. The molecule has 0 spiro atoms. The van der Waals surface area contributed by atoms with Gasteiger partial charge in [-0.2, -0.15) is 0 Å². The van der Waals surface area contributed by atoms with E-state index in [4.69, 9.17) is 15.1 Å². The van der Waals surface area contributed by atoms with E-state index in [2.05, 4.69) is 22.1 Å². The van der Waals surface area contributed by atoms with E-state index >= 15 is 0 Å². The number of anilines is 1. The van der Waals surface area contributed by atoms with Crippen molar-refractivity contribution < 1.29 is 4.42 Å². The fourth-order valence-corrected chi connectivity index (χ4v) is 5.96. The number of nitrogens with two attached hydrogens (primary N) is 1. The van der Waals surface area contributed by atoms with Gasteiger partial charge in [0.1, 0.15) is 10.6 Å². The Hall–Kier alpha value is -2.45. The summed E-state index contributed by atoms with van der Waals surface area (Å²) in [5.74, 6) is 2.36. The number of thioether (sulfide) groups is 1. The Labute approximate surface area is 177 Å². The molecule has 0 saturated heterocycles. The van der Waals surface area contributed by atoms with E-state index in [1.54, 1.807) is 11.3 Å². The second kappa shape index (κ2) is 7.42. The fourth-order valence-electron chi connectivity index (χ4n) is 3.71. The second-order valence-electron chi connectivity index (χ2n) is 7.49. The summed E-state index contributed by atoms with van der Waals surface area (Å²) in [7, 11) is 0. The van der Waals surface area contributed by atoms with Crippen LogP contribution in [-0.4, -0.2) is 20.2 Å². The van der Waals surface area contributed by atoms with E-state index in [1.165, 1.54) is 28.6 Å². The van der Waals surface area contributed by atoms with Gasteiger partial charge >= 0.3 is 0 Å². The van der Waals surface area contributed by atoms with Crippen molar-refractivity contribution in [2.24, 2.45) is 5.92 Å². The minimum Gasteiger partial charge on any atom is -0.419 e. The molecule has 0 radical (unpaired) electrons. The standard InChI is InChI=1S/C21H21N5OS2/c1-11-8-9-14-15(10-11)29-20-16(14)17(22)23-21(24-20)28-12(2)18-25-26-19(27-18)13-6-4-3-5-7-13/h3-7,11-12H,8-10H2,1-2H3,(H2,22,23,24)/t11-,12-/m0/s1. The number of thiophene rings is 1. The quantitative estimate of drug-likeness (QED) is 0.352. The summed E-state index contributed by atoms with van der Waals surface area (Å²) in [5.41, 5.74) is 8.61. The molecule has 2 N–H and O–H groups in total. The summed E-state index contributed by atoms with van der Waals surface area (Å²) in [6, 6.07) is 9.76. The van der Waals surface area contributed by atoms with E-state index in [1.807, 2.05) is 37.3 Å². The van der Waals surface area contributed by atoms with Crippen molar-refractivity contribution in [2.75, 3.05) is 5.73 Å². The first-order chi connectivity index (χ1) is 14.1. The number of benzene rings is 1. The van der Waals surface area contributed by atoms with E-state index in [0.717, 1.165) is 34.5 Å². The molecule has 0 bridgehead atoms. The molecule has 0 fully saturated rings. The maximum Gasteiger partial charge on any atom is 0.247 e. The largest absolute Gasteiger partial charge is 0.419 e. The highest BCUT2D eigenvalue weighted by molar-refractivity contribution is 7.99. The number of hydrogen-bond donors (Lipinski definition) is 1. The van der Waals surface area contributed by atoms with Gasteiger partial charge in [-0.05, 0) is 49.8 Å². The van der Waals surface area contributed by atoms with Crippen LogP contribution in [0.15, 0.2) is 39.9 Å². The molecule has 3 aromatic heterocycles. The van der Waals surface area contributed by atoms with Gasteiger partial charge in [0.2, 0.25) is 11.8 Å². The van der Waals surface area contributed by atoms with Gasteiger partial charge in [0.25, 0.3) is 0 Å². The first kappa shape index (κ1) is 18.6. The SMILES string of the molecule is C[C@H]1CCc2c(sc3nc(S[C@@H](C)c4nnc(-c5ccccc5)o4)nc(N)c23)C1. The number of rotatable bonds is 4. The third-order valence-corrected chi connectivity index (χ3v) is 7.35. The smallest absolute Gasteiger partial charge is 0.247 e. The molecule has 1 aromatic carbocycles. The zero-order valence-corrected chi connectivity index (χ0v) is 17.9. The van der Waals surface area contributed by atoms with Crippen LogP contribution in [0.1, 0.15) is 41.8 Å². The summed E-state index contributed by atoms with van der Waals surface area (Å²) in [6.45, 7) is 4.32. The highest BCUT2D eigenvalue weighted by Gasteiger charge is 2.24. The third-order valence-electron chi connectivity index (χ3n) is 5.25. The Morgan fingerprint density at radius 1 is 1.21 bits per heavy atom. The molecule has 0 amide bonds. The molecule has 0 unspecified atom stereocenters. The van der Waals surface area contributed by atoms with Crippen LogP contribution in [0.2, 0.25) is 0 Å². The Morgan fingerprint density at radius 3 is 2.86 bits per heavy atom. The van der Waals surface area contributed by atoms with Crippen molar-refractivity contribution in [3.8, 4) is 11.5 Å². The predicted octanol–water partition coefficient (Wildman–Crippen LogP) is 5.30. The normalized spacial score (nSPS) is 17.4. The monoisotopic (exact) mass is 423 g/mol. The summed E-state index contributed by atoms with van der Waals surface area (Å²) in [4.78, 5) is 11.8. The highest BCUT2D eigenvalue weighted by Crippen LogP contribution is 2.41. The van der Waals surface area contributed by atoms with Gasteiger partial charge in [0.15, 0.2) is 5.16 Å². The van der Waals surface area contributed by atoms with Crippen LogP contribution in [0, 0.1) is 5.92 Å². The molecule has 2 atom stereocenters. The van der Waals surface area contributed by atoms with Gasteiger partial charge in [-0.1, -0.05) is 36.9 Å². The summed E-state index contributed by atoms with van der Waals surface area (Å²) < 4.78 is 5.87. The van der Waals surface area contributed by atoms with Crippen molar-refractivity contribution in [3.05, 3.63) is 46.7 Å². The minimum absolute atomic E-state index is 0.0774. The van der Waals surface area contributed by atoms with Crippen LogP contribution < -0.4 is 5.73 Å². The molecule has 0 saturated carbocycles. The first-order valence-corrected chi connectivity index (χ1v) is 11.4. The molecule has 1 aliphatic rings. The van der Waals surface area contributed by atoms with E-state index in [-0.39, 0.29) is 5.25 Å². The molecule has 6 nitrogen and oxygen atoms in total. The highest BCUT2D eigenvalue weighted by atomic mass is 32.2. The second-order valence-corrected chi connectivity index (χ2v) is 9.89. The van der Waals surface area contributed by atoms with Gasteiger partial charge in [0.05, 0.1) is 10.6 Å². The zero-order chi connectivity index (χ0) is 20.0. The van der Waals surface area contributed by atoms with Gasteiger partial charge < -0.3 is 10.2 Å². The van der Waals surface area contributed by atoms with Crippen LogP contribution in [-0.2, 0) is 12.8 Å². The van der Waals surface area contributed by atoms with E-state index in [9.17, 15) is 0 Å². The number of aryl methyl sites for hydroxylation is 1. The lowest BCUT2D eigenvalue weighted by molar-refractivity contribution is 0.509. The van der Waals surface area contributed by atoms with Crippen molar-refractivity contribution in [1.29, 1.82) is 0 Å². The lowest BCUT2D eigenvalue weighted by Crippen LogP contribution is -2.09. The first-order valence-electron chi connectivity index (χ1n) is 9.71. The Kier molecular flexibility index (Phi) is 4.75. The Morgan fingerprint density at radius 2 is 2.03 bits per heavy atom. The number of nitrogen functional groups attached to an aromatic ring is 1. The molecule has 8 heteroatoms. The third kappa shape index (κ3) is 3.51. The fraction of sp³-hybridized carbons (Fsp3) is 0.333. The van der Waals surface area contributed by atoms with Crippen molar-refractivity contribution in [1.82, 2.24) is 20.2 Å². The van der Waals surface area contributed by atoms with Crippen molar-refractivity contribution in [2.45, 2.75) is 43.5 Å². The van der Waals surface area contributed by atoms with Crippen molar-refractivity contribution >= 4 is 39.1 Å². The van der Waals surface area contributed by atoms with Crippen molar-refractivity contribution in [3.63, 3.8) is 0 Å². The molecule has 29 heavy (non-hydrogen) atoms. The van der Waals surface area contributed by atoms with Crippen LogP contribution in [0.4, 0.5) is 5.82 Å². The number of aromatic nitrogens is 4. The molecular formula is C21H21N5OS2. The zero-order valence-electron chi connectivity index (χ0n) is 16.3. The van der Waals surface area contributed by atoms with Gasteiger partial charge in [0, 0.05) is 10.4 Å². The average molecular weight is 424 g/mol. The predicted molar refractivity (Wildman–Crippen MR) is 117 cm³/mol. The number of fused-ring (bicyclic) bond motifs is 3. The molecule has 148 valence electrons. The van der Waals surface area contributed by atoms with E-state index < -0.39 is 0 Å². The molecule has 3 heterocycles. The summed E-state index contributed by atoms with van der Waals surface area (Å²) in [5, 5.41) is 10.0. The molecule has 1 aliphatic carbocycles. The maximum absolute atomic E-state index is 6.35. The lowest BCUT2D eigenvalue weighted by atomic mass is 9.89. The number of nitrogens with zero attached hydrogens (tertiary/aromatic N) is 4. The van der Waals surface area contributed by atoms with Crippen LogP contribution in [0.25, 0.3) is 21.7 Å². The maximum atomic E-state index is 6.35. The Balaban J connectivity index is 1.41. The summed E-state index contributed by atoms with van der Waals surface area (Å²) >= 11 is 3.25. The minimum atomic E-state index is -0.0774. The van der Waals surface area contributed by atoms with Crippen LogP contribution >= 0.6 is 23.1 Å². The van der Waals surface area contributed by atoms with Crippen LogP contribution in [0.3, 0.4) is 0 Å². The van der Waals surface area contributed by atoms with Gasteiger partial charge in [-0.15, -0.1) is 21.5 Å². The van der Waals surface area contributed by atoms with E-state index in [0.29, 0.717) is 22.8 Å². The average Bonchev–Trinajstić information content (AvgIpc) is 3.33. The molecular weight excluding hydrogens is 402 g/mol. The molecule has 4 aromatic rings. The topological polar surface area (TPSA) is 90.7 Å². The summed E-state index contributed by atoms with van der Waals surface area (Å²) in [6.07, 6.45) is 3.38. The van der Waals surface area contributed by atoms with Crippen LogP contribution in [0.5, 0.6) is 0 Å². The van der Waals surface area contributed by atoms with Gasteiger partial charge in [-0.3, -0.25) is 0 Å².